The smallest absolute Gasteiger partial charge is 0.0999 e. The maximum absolute atomic E-state index is 5.66. The van der Waals surface area contributed by atoms with Crippen molar-refractivity contribution in [3.63, 3.8) is 0 Å². The highest BCUT2D eigenvalue weighted by Crippen LogP contribution is 2.25. The minimum atomic E-state index is 0.726. The van der Waals surface area contributed by atoms with Crippen molar-refractivity contribution >= 4 is 22.9 Å². The van der Waals surface area contributed by atoms with E-state index in [1.807, 2.05) is 13.1 Å². The molecule has 4 heteroatoms. The SMILES string of the molecule is Cc1ncc(C2=CCCC(N)=N2)s1. The van der Waals surface area contributed by atoms with E-state index in [9.17, 15) is 0 Å². The van der Waals surface area contributed by atoms with E-state index in [4.69, 9.17) is 5.73 Å². The predicted molar refractivity (Wildman–Crippen MR) is 55.7 cm³/mol. The fraction of sp³-hybridized carbons (Fsp3) is 0.333. The summed E-state index contributed by atoms with van der Waals surface area (Å²) in [5.74, 6) is 0.726. The van der Waals surface area contributed by atoms with Crippen molar-refractivity contribution in [2.45, 2.75) is 19.8 Å². The van der Waals surface area contributed by atoms with E-state index < -0.39 is 0 Å². The molecule has 0 saturated carbocycles. The number of amidine groups is 1. The Morgan fingerprint density at radius 2 is 2.38 bits per heavy atom. The summed E-state index contributed by atoms with van der Waals surface area (Å²) in [7, 11) is 0. The van der Waals surface area contributed by atoms with Crippen LogP contribution in [-0.4, -0.2) is 10.8 Å². The lowest BCUT2D eigenvalue weighted by atomic mass is 10.2. The number of hydrogen-bond acceptors (Lipinski definition) is 4. The summed E-state index contributed by atoms with van der Waals surface area (Å²) in [5, 5.41) is 1.07. The van der Waals surface area contributed by atoms with Gasteiger partial charge in [-0.2, -0.15) is 0 Å². The maximum Gasteiger partial charge on any atom is 0.0999 e. The molecule has 1 aliphatic rings. The fourth-order valence-corrected chi connectivity index (χ4v) is 2.01. The highest BCUT2D eigenvalue weighted by molar-refractivity contribution is 7.12. The molecule has 2 rings (SSSR count). The van der Waals surface area contributed by atoms with Gasteiger partial charge in [0.25, 0.3) is 0 Å². The summed E-state index contributed by atoms with van der Waals surface area (Å²) in [6.45, 7) is 1.99. The Morgan fingerprint density at radius 1 is 1.54 bits per heavy atom. The lowest BCUT2D eigenvalue weighted by Gasteiger charge is -2.06. The number of aryl methyl sites for hydroxylation is 1. The second kappa shape index (κ2) is 3.30. The molecule has 1 aliphatic heterocycles. The van der Waals surface area contributed by atoms with Crippen molar-refractivity contribution in [3.05, 3.63) is 22.2 Å². The number of nitrogens with two attached hydrogens (primary N) is 1. The fourth-order valence-electron chi connectivity index (χ4n) is 1.25. The van der Waals surface area contributed by atoms with E-state index >= 15 is 0 Å². The summed E-state index contributed by atoms with van der Waals surface area (Å²) in [6, 6.07) is 0. The number of allylic oxidation sites excluding steroid dienone is 1. The largest absolute Gasteiger partial charge is 0.387 e. The summed E-state index contributed by atoms with van der Waals surface area (Å²) in [5.41, 5.74) is 6.64. The average Bonchev–Trinajstić information content (AvgIpc) is 2.52. The predicted octanol–water partition coefficient (Wildman–Crippen LogP) is 1.94. The summed E-state index contributed by atoms with van der Waals surface area (Å²) >= 11 is 1.65. The molecule has 0 spiro atoms. The van der Waals surface area contributed by atoms with Gasteiger partial charge in [-0.3, -0.25) is 0 Å². The van der Waals surface area contributed by atoms with Gasteiger partial charge in [-0.1, -0.05) is 6.08 Å². The number of rotatable bonds is 1. The van der Waals surface area contributed by atoms with Crippen LogP contribution in [0.4, 0.5) is 0 Å². The van der Waals surface area contributed by atoms with E-state index in [-0.39, 0.29) is 0 Å². The molecule has 0 saturated heterocycles. The van der Waals surface area contributed by atoms with E-state index in [0.29, 0.717) is 0 Å². The molecule has 0 amide bonds. The molecule has 0 fully saturated rings. The molecule has 0 aromatic carbocycles. The Bertz CT molecular complexity index is 376. The Hall–Kier alpha value is -1.16. The van der Waals surface area contributed by atoms with Crippen LogP contribution in [0, 0.1) is 6.92 Å². The van der Waals surface area contributed by atoms with Crippen LogP contribution in [0.2, 0.25) is 0 Å². The molecule has 0 unspecified atom stereocenters. The van der Waals surface area contributed by atoms with Crippen molar-refractivity contribution < 1.29 is 0 Å². The third kappa shape index (κ3) is 1.78. The zero-order valence-corrected chi connectivity index (χ0v) is 8.27. The Balaban J connectivity index is 2.32. The quantitative estimate of drug-likeness (QED) is 0.741. The zero-order valence-electron chi connectivity index (χ0n) is 7.45. The molecule has 2 N–H and O–H groups in total. The van der Waals surface area contributed by atoms with Crippen LogP contribution in [0.1, 0.15) is 22.7 Å². The van der Waals surface area contributed by atoms with Crippen molar-refractivity contribution in [2.24, 2.45) is 10.7 Å². The highest BCUT2D eigenvalue weighted by atomic mass is 32.1. The molecule has 68 valence electrons. The Kier molecular flexibility index (Phi) is 2.14. The number of thiazole rings is 1. The summed E-state index contributed by atoms with van der Waals surface area (Å²) < 4.78 is 0. The molecule has 1 aromatic rings. The van der Waals surface area contributed by atoms with Crippen LogP contribution < -0.4 is 5.73 Å². The van der Waals surface area contributed by atoms with Gasteiger partial charge in [0.1, 0.15) is 0 Å². The first-order chi connectivity index (χ1) is 6.25. The number of nitrogens with zero attached hydrogens (tertiary/aromatic N) is 2. The second-order valence-corrected chi connectivity index (χ2v) is 4.21. The number of aromatic nitrogens is 1. The molecule has 0 radical (unpaired) electrons. The zero-order chi connectivity index (χ0) is 9.26. The standard InChI is InChI=1S/C9H11N3S/c1-6-11-5-8(13-6)7-3-2-4-9(10)12-7/h3,5H,2,4H2,1H3,(H2,10,12). The van der Waals surface area contributed by atoms with Crippen LogP contribution in [0.3, 0.4) is 0 Å². The molecule has 0 bridgehead atoms. The van der Waals surface area contributed by atoms with Gasteiger partial charge in [0, 0.05) is 12.6 Å². The minimum absolute atomic E-state index is 0.726. The Labute approximate surface area is 81.0 Å². The van der Waals surface area contributed by atoms with Gasteiger partial charge >= 0.3 is 0 Å². The Morgan fingerprint density at radius 3 is 3.00 bits per heavy atom. The third-order valence-electron chi connectivity index (χ3n) is 1.88. The molecule has 3 nitrogen and oxygen atoms in total. The van der Waals surface area contributed by atoms with Gasteiger partial charge in [-0.25, -0.2) is 9.98 Å². The first-order valence-corrected chi connectivity index (χ1v) is 5.03. The molecule has 13 heavy (non-hydrogen) atoms. The number of hydrogen-bond donors (Lipinski definition) is 1. The first-order valence-electron chi connectivity index (χ1n) is 4.22. The van der Waals surface area contributed by atoms with Crippen molar-refractivity contribution in [3.8, 4) is 0 Å². The molecular formula is C9H11N3S. The van der Waals surface area contributed by atoms with E-state index in [2.05, 4.69) is 16.1 Å². The third-order valence-corrected chi connectivity index (χ3v) is 2.81. The van der Waals surface area contributed by atoms with E-state index in [1.54, 1.807) is 11.3 Å². The van der Waals surface area contributed by atoms with Gasteiger partial charge < -0.3 is 5.73 Å². The monoisotopic (exact) mass is 193 g/mol. The molecule has 2 heterocycles. The highest BCUT2D eigenvalue weighted by Gasteiger charge is 2.08. The van der Waals surface area contributed by atoms with Gasteiger partial charge in [-0.05, 0) is 13.3 Å². The van der Waals surface area contributed by atoms with Gasteiger partial charge in [-0.15, -0.1) is 11.3 Å². The lowest BCUT2D eigenvalue weighted by Crippen LogP contribution is -2.13. The van der Waals surface area contributed by atoms with Crippen LogP contribution in [0.5, 0.6) is 0 Å². The van der Waals surface area contributed by atoms with E-state index in [1.165, 1.54) is 0 Å². The lowest BCUT2D eigenvalue weighted by molar-refractivity contribution is 1.05. The van der Waals surface area contributed by atoms with Gasteiger partial charge in [0.15, 0.2) is 0 Å². The van der Waals surface area contributed by atoms with Gasteiger partial charge in [0.2, 0.25) is 0 Å². The number of aliphatic imine (C=N–C) groups is 1. The average molecular weight is 193 g/mol. The summed E-state index contributed by atoms with van der Waals surface area (Å²) in [6.07, 6.45) is 5.83. The molecule has 1 aromatic heterocycles. The topological polar surface area (TPSA) is 51.3 Å². The van der Waals surface area contributed by atoms with Crippen LogP contribution in [0.25, 0.3) is 5.70 Å². The normalized spacial score (nSPS) is 16.7. The van der Waals surface area contributed by atoms with Crippen molar-refractivity contribution in [1.29, 1.82) is 0 Å². The maximum atomic E-state index is 5.66. The van der Waals surface area contributed by atoms with Crippen molar-refractivity contribution in [2.75, 3.05) is 0 Å². The molecule has 0 atom stereocenters. The van der Waals surface area contributed by atoms with Crippen LogP contribution >= 0.6 is 11.3 Å². The van der Waals surface area contributed by atoms with Crippen LogP contribution in [0.15, 0.2) is 17.3 Å². The summed E-state index contributed by atoms with van der Waals surface area (Å²) in [4.78, 5) is 9.59. The first kappa shape index (κ1) is 8.44. The second-order valence-electron chi connectivity index (χ2n) is 2.97. The molecular weight excluding hydrogens is 182 g/mol. The van der Waals surface area contributed by atoms with Gasteiger partial charge in [0.05, 0.1) is 21.4 Å². The van der Waals surface area contributed by atoms with E-state index in [0.717, 1.165) is 34.3 Å². The minimum Gasteiger partial charge on any atom is -0.387 e. The van der Waals surface area contributed by atoms with Crippen LogP contribution in [-0.2, 0) is 0 Å². The van der Waals surface area contributed by atoms with Crippen molar-refractivity contribution in [1.82, 2.24) is 4.98 Å². The molecule has 0 aliphatic carbocycles.